The first kappa shape index (κ1) is 17.6. The third-order valence-corrected chi connectivity index (χ3v) is 4.66. The number of hydrogen-bond donors (Lipinski definition) is 1. The lowest BCUT2D eigenvalue weighted by Gasteiger charge is -2.43. The number of halogens is 3. The van der Waals surface area contributed by atoms with E-state index in [1.165, 1.54) is 20.3 Å². The Morgan fingerprint density at radius 2 is 1.72 bits per heavy atom. The number of hydrogen-bond acceptors (Lipinski definition) is 4. The molecule has 0 aliphatic carbocycles. The molecule has 0 bridgehead atoms. The first-order valence-corrected chi connectivity index (χ1v) is 7.58. The Hall–Kier alpha value is -2.22. The van der Waals surface area contributed by atoms with Crippen molar-refractivity contribution in [2.45, 2.75) is 37.6 Å². The van der Waals surface area contributed by atoms with Gasteiger partial charge in [-0.1, -0.05) is 0 Å². The summed E-state index contributed by atoms with van der Waals surface area (Å²) in [5.74, 6) is -0.612. The molecule has 0 radical (unpaired) electrons. The van der Waals surface area contributed by atoms with Crippen LogP contribution in [0.4, 0.5) is 13.2 Å². The molecule has 5 nitrogen and oxygen atoms in total. The fourth-order valence-electron chi connectivity index (χ4n) is 3.46. The Labute approximate surface area is 142 Å². The molecule has 2 aliphatic rings. The van der Waals surface area contributed by atoms with Crippen LogP contribution in [0.5, 0.6) is 11.5 Å². The Kier molecular flexibility index (Phi) is 3.62. The van der Waals surface area contributed by atoms with Gasteiger partial charge in [0.1, 0.15) is 0 Å². The van der Waals surface area contributed by atoms with Crippen molar-refractivity contribution in [1.29, 1.82) is 0 Å². The van der Waals surface area contributed by atoms with E-state index in [2.05, 4.69) is 0 Å². The van der Waals surface area contributed by atoms with Gasteiger partial charge in [-0.3, -0.25) is 4.79 Å². The average molecular weight is 357 g/mol. The second kappa shape index (κ2) is 5.14. The lowest BCUT2D eigenvalue weighted by molar-refractivity contribution is -0.236. The van der Waals surface area contributed by atoms with Gasteiger partial charge in [0.2, 0.25) is 0 Å². The summed E-state index contributed by atoms with van der Waals surface area (Å²) in [6.45, 7) is 3.31. The van der Waals surface area contributed by atoms with E-state index < -0.39 is 23.2 Å². The number of carbonyl (C=O) groups excluding carboxylic acids is 1. The number of methoxy groups -OCH3 is 2. The smallest absolute Gasteiger partial charge is 0.430 e. The molecular formula is C17H18F3NO4. The Morgan fingerprint density at radius 1 is 1.16 bits per heavy atom. The van der Waals surface area contributed by atoms with Gasteiger partial charge in [-0.05, 0) is 44.0 Å². The summed E-state index contributed by atoms with van der Waals surface area (Å²) in [6.07, 6.45) is -4.22. The van der Waals surface area contributed by atoms with Crippen LogP contribution in [0.15, 0.2) is 18.2 Å². The summed E-state index contributed by atoms with van der Waals surface area (Å²) in [4.78, 5) is 13.5. The Bertz CT molecular complexity index is 785. The minimum atomic E-state index is -5.11. The van der Waals surface area contributed by atoms with Gasteiger partial charge in [0.15, 0.2) is 11.5 Å². The molecular weight excluding hydrogens is 339 g/mol. The van der Waals surface area contributed by atoms with Crippen LogP contribution in [-0.4, -0.2) is 47.4 Å². The molecule has 1 atom stereocenters. The summed E-state index contributed by atoms with van der Waals surface area (Å²) < 4.78 is 50.5. The lowest BCUT2D eigenvalue weighted by atomic mass is 9.84. The molecule has 0 fully saturated rings. The molecule has 1 amide bonds. The molecule has 2 aliphatic heterocycles. The molecule has 1 aromatic carbocycles. The summed E-state index contributed by atoms with van der Waals surface area (Å²) in [5, 5.41) is 10.1. The highest BCUT2D eigenvalue weighted by atomic mass is 19.4. The summed E-state index contributed by atoms with van der Waals surface area (Å²) in [6, 6.07) is 3.21. The van der Waals surface area contributed by atoms with Crippen molar-refractivity contribution in [2.75, 3.05) is 14.2 Å². The largest absolute Gasteiger partial charge is 0.493 e. The van der Waals surface area contributed by atoms with Crippen LogP contribution >= 0.6 is 0 Å². The monoisotopic (exact) mass is 357 g/mol. The molecule has 25 heavy (non-hydrogen) atoms. The molecule has 2 heterocycles. The van der Waals surface area contributed by atoms with E-state index in [0.717, 1.165) is 4.90 Å². The average Bonchev–Trinajstić information content (AvgIpc) is 2.79. The topological polar surface area (TPSA) is 59.0 Å². The van der Waals surface area contributed by atoms with Crippen LogP contribution in [-0.2, 0) is 11.2 Å². The van der Waals surface area contributed by atoms with E-state index in [1.54, 1.807) is 19.9 Å². The van der Waals surface area contributed by atoms with Crippen LogP contribution in [0.3, 0.4) is 0 Å². The quantitative estimate of drug-likeness (QED) is 0.884. The number of amides is 1. The highest BCUT2D eigenvalue weighted by Crippen LogP contribution is 2.50. The third kappa shape index (κ3) is 2.31. The first-order chi connectivity index (χ1) is 11.5. The minimum Gasteiger partial charge on any atom is -0.493 e. The van der Waals surface area contributed by atoms with E-state index in [9.17, 15) is 23.1 Å². The molecule has 0 unspecified atom stereocenters. The number of nitrogens with zero attached hydrogens (tertiary/aromatic N) is 1. The van der Waals surface area contributed by atoms with E-state index in [0.29, 0.717) is 35.1 Å². The Morgan fingerprint density at radius 3 is 2.24 bits per heavy atom. The molecule has 0 saturated carbocycles. The lowest BCUT2D eigenvalue weighted by Crippen LogP contribution is -2.57. The maximum Gasteiger partial charge on any atom is 0.430 e. The van der Waals surface area contributed by atoms with Gasteiger partial charge in [0.25, 0.3) is 11.5 Å². The number of carbonyl (C=O) groups is 1. The maximum absolute atomic E-state index is 13.3. The zero-order valence-corrected chi connectivity index (χ0v) is 14.2. The van der Waals surface area contributed by atoms with Crippen molar-refractivity contribution in [3.8, 4) is 11.5 Å². The molecule has 136 valence electrons. The molecule has 1 aromatic rings. The van der Waals surface area contributed by atoms with Crippen molar-refractivity contribution in [3.63, 3.8) is 0 Å². The van der Waals surface area contributed by atoms with Crippen LogP contribution in [0.25, 0.3) is 5.70 Å². The van der Waals surface area contributed by atoms with Gasteiger partial charge in [-0.2, -0.15) is 13.2 Å². The van der Waals surface area contributed by atoms with E-state index >= 15 is 0 Å². The first-order valence-electron chi connectivity index (χ1n) is 7.58. The number of fused-ring (bicyclic) bond motifs is 3. The van der Waals surface area contributed by atoms with Gasteiger partial charge < -0.3 is 19.5 Å². The fraction of sp³-hybridized carbons (Fsp3) is 0.471. The third-order valence-electron chi connectivity index (χ3n) is 4.66. The zero-order valence-electron chi connectivity index (χ0n) is 14.2. The molecule has 8 heteroatoms. The van der Waals surface area contributed by atoms with Gasteiger partial charge in [0, 0.05) is 11.1 Å². The number of aliphatic hydroxyl groups is 1. The number of ether oxygens (including phenoxy) is 2. The summed E-state index contributed by atoms with van der Waals surface area (Å²) in [7, 11) is 2.88. The van der Waals surface area contributed by atoms with E-state index in [-0.39, 0.29) is 5.70 Å². The zero-order chi connectivity index (χ0) is 18.8. The van der Waals surface area contributed by atoms with Crippen LogP contribution in [0.2, 0.25) is 0 Å². The Balaban J connectivity index is 2.27. The number of rotatable bonds is 2. The van der Waals surface area contributed by atoms with Gasteiger partial charge in [-0.25, -0.2) is 0 Å². The highest BCUT2D eigenvalue weighted by molar-refractivity contribution is 6.03. The molecule has 0 spiro atoms. The van der Waals surface area contributed by atoms with Crippen LogP contribution in [0.1, 0.15) is 25.0 Å². The van der Waals surface area contributed by atoms with Crippen molar-refractivity contribution in [1.82, 2.24) is 4.90 Å². The van der Waals surface area contributed by atoms with Gasteiger partial charge in [-0.15, -0.1) is 0 Å². The molecule has 3 rings (SSSR count). The van der Waals surface area contributed by atoms with Crippen LogP contribution in [0, 0.1) is 0 Å². The van der Waals surface area contributed by atoms with Crippen molar-refractivity contribution in [2.24, 2.45) is 0 Å². The predicted octanol–water partition coefficient (Wildman–Crippen LogP) is 2.52. The fourth-order valence-corrected chi connectivity index (χ4v) is 3.46. The summed E-state index contributed by atoms with van der Waals surface area (Å²) >= 11 is 0. The minimum absolute atomic E-state index is 0.0250. The molecule has 0 saturated heterocycles. The second-order valence-electron chi connectivity index (χ2n) is 6.79. The van der Waals surface area contributed by atoms with Gasteiger partial charge >= 0.3 is 6.18 Å². The summed E-state index contributed by atoms with van der Waals surface area (Å²) in [5.41, 5.74) is -3.33. The highest BCUT2D eigenvalue weighted by Gasteiger charge is 2.65. The van der Waals surface area contributed by atoms with Crippen molar-refractivity contribution >= 4 is 11.6 Å². The molecule has 0 aromatic heterocycles. The standard InChI is InChI=1S/C17H18F3NO4/c1-15(2)7-9-5-12(24-3)13(25-4)6-10(9)11-8-16(23,17(18,19)20)14(22)21(11)15/h5-6,8,23H,7H2,1-4H3/t16-/m0/s1. The van der Waals surface area contributed by atoms with Crippen LogP contribution < -0.4 is 9.47 Å². The van der Waals surface area contributed by atoms with Crippen molar-refractivity contribution in [3.05, 3.63) is 29.3 Å². The van der Waals surface area contributed by atoms with E-state index in [1.807, 2.05) is 0 Å². The maximum atomic E-state index is 13.3. The normalized spacial score (nSPS) is 24.6. The van der Waals surface area contributed by atoms with Crippen molar-refractivity contribution < 1.29 is 32.5 Å². The molecule has 1 N–H and O–H groups in total. The van der Waals surface area contributed by atoms with E-state index in [4.69, 9.17) is 9.47 Å². The SMILES string of the molecule is COc1cc2c(cc1OC)C1=C[C@@](O)(C(F)(F)F)C(=O)N1C(C)(C)C2. The second-order valence-corrected chi connectivity index (χ2v) is 6.79. The predicted molar refractivity (Wildman–Crippen MR) is 83.2 cm³/mol. The number of benzene rings is 1. The number of alkyl halides is 3. The van der Waals surface area contributed by atoms with Gasteiger partial charge in [0.05, 0.1) is 19.9 Å².